The summed E-state index contributed by atoms with van der Waals surface area (Å²) in [6, 6.07) is 9.19. The summed E-state index contributed by atoms with van der Waals surface area (Å²) in [5, 5.41) is 72.2. The van der Waals surface area contributed by atoms with Crippen LogP contribution in [0.2, 0.25) is 0 Å². The Kier molecular flexibility index (Phi) is 17.6. The van der Waals surface area contributed by atoms with E-state index in [-0.39, 0.29) is 57.2 Å². The van der Waals surface area contributed by atoms with E-state index in [1.165, 1.54) is 9.80 Å². The molecule has 0 spiro atoms. The summed E-state index contributed by atoms with van der Waals surface area (Å²) in [5.74, 6) is 0.852. The number of nitriles is 1. The van der Waals surface area contributed by atoms with Crippen LogP contribution in [-0.2, 0) is 20.7 Å². The molecule has 3 amide bonds. The van der Waals surface area contributed by atoms with Gasteiger partial charge in [0, 0.05) is 19.6 Å². The van der Waals surface area contributed by atoms with Gasteiger partial charge in [0.25, 0.3) is 0 Å². The molecule has 17 nitrogen and oxygen atoms in total. The Morgan fingerprint density at radius 3 is 2.35 bits per heavy atom. The molecule has 5 fully saturated rings. The Bertz CT molecular complexity index is 1560. The van der Waals surface area contributed by atoms with Crippen LogP contribution in [0.15, 0.2) is 24.3 Å². The van der Waals surface area contributed by atoms with E-state index in [4.69, 9.17) is 19.3 Å². The second-order valence-corrected chi connectivity index (χ2v) is 17.4. The number of hydrogen-bond donors (Lipinski definition) is 7. The molecular formula is C43H67N5O12. The molecule has 4 aliphatic carbocycles. The number of likely N-dealkylation sites (tertiary alicyclic amines) is 1. The molecule has 9 atom stereocenters. The SMILES string of the molecule is CCCCCCN(CCc1ccc(OCCNC(=O)OCCOC23CC4C[C@H](C2)CC(N(CC(=O)N2CCCC2C#N)C(=O)O)(C4)C3)cc1)C[C@H](O)[C@@H](O)[C@H](O)[C@H](O)CO. The van der Waals surface area contributed by atoms with Crippen molar-refractivity contribution in [3.05, 3.63) is 29.8 Å². The highest BCUT2D eigenvalue weighted by atomic mass is 16.6. The zero-order valence-corrected chi connectivity index (χ0v) is 35.0. The minimum Gasteiger partial charge on any atom is -0.492 e. The molecule has 6 rings (SSSR count). The lowest BCUT2D eigenvalue weighted by Gasteiger charge is -2.63. The van der Waals surface area contributed by atoms with Gasteiger partial charge in [-0.1, -0.05) is 38.3 Å². The van der Waals surface area contributed by atoms with Gasteiger partial charge in [0.05, 0.1) is 43.1 Å². The van der Waals surface area contributed by atoms with Gasteiger partial charge in [-0.05, 0) is 100 Å². The molecule has 1 aromatic carbocycles. The van der Waals surface area contributed by atoms with Crippen LogP contribution in [0.25, 0.3) is 0 Å². The van der Waals surface area contributed by atoms with Crippen molar-refractivity contribution in [1.82, 2.24) is 20.0 Å². The molecule has 60 heavy (non-hydrogen) atoms. The van der Waals surface area contributed by atoms with E-state index in [9.17, 15) is 45.2 Å². The van der Waals surface area contributed by atoms with Crippen molar-refractivity contribution in [3.63, 3.8) is 0 Å². The van der Waals surface area contributed by atoms with E-state index in [1.54, 1.807) is 0 Å². The fourth-order valence-electron chi connectivity index (χ4n) is 10.3. The molecule has 1 saturated heterocycles. The van der Waals surface area contributed by atoms with Crippen LogP contribution in [0.4, 0.5) is 9.59 Å². The number of benzene rings is 1. The van der Waals surface area contributed by atoms with Gasteiger partial charge in [0.2, 0.25) is 5.91 Å². The van der Waals surface area contributed by atoms with Crippen LogP contribution in [0.3, 0.4) is 0 Å². The number of aliphatic hydroxyl groups excluding tert-OH is 5. The zero-order valence-electron chi connectivity index (χ0n) is 35.0. The van der Waals surface area contributed by atoms with Gasteiger partial charge < -0.3 is 60.0 Å². The van der Waals surface area contributed by atoms with Gasteiger partial charge in [-0.15, -0.1) is 0 Å². The van der Waals surface area contributed by atoms with Crippen molar-refractivity contribution in [2.75, 3.05) is 65.7 Å². The molecule has 1 aliphatic heterocycles. The molecule has 0 radical (unpaired) electrons. The highest BCUT2D eigenvalue weighted by Crippen LogP contribution is 2.60. The summed E-state index contributed by atoms with van der Waals surface area (Å²) in [6.07, 6.45) is 2.69. The quantitative estimate of drug-likeness (QED) is 0.0699. The third-order valence-corrected chi connectivity index (χ3v) is 12.9. The maximum atomic E-state index is 13.3. The fourth-order valence-corrected chi connectivity index (χ4v) is 10.3. The fraction of sp³-hybridized carbons (Fsp3) is 0.767. The second kappa shape index (κ2) is 22.4. The Labute approximate surface area is 353 Å². The van der Waals surface area contributed by atoms with E-state index in [1.807, 2.05) is 29.2 Å². The van der Waals surface area contributed by atoms with E-state index in [2.05, 4.69) is 18.3 Å². The van der Waals surface area contributed by atoms with Gasteiger partial charge in [0.15, 0.2) is 0 Å². The van der Waals surface area contributed by atoms with Gasteiger partial charge >= 0.3 is 12.2 Å². The van der Waals surface area contributed by atoms with Gasteiger partial charge in [-0.25, -0.2) is 9.59 Å². The topological polar surface area (TPSA) is 246 Å². The molecular weight excluding hydrogens is 778 g/mol. The van der Waals surface area contributed by atoms with Crippen LogP contribution in [0.1, 0.15) is 89.5 Å². The number of alkyl carbamates (subject to hydrolysis) is 1. The molecule has 336 valence electrons. The molecule has 7 N–H and O–H groups in total. The van der Waals surface area contributed by atoms with Crippen LogP contribution in [0.5, 0.6) is 5.75 Å². The maximum absolute atomic E-state index is 13.3. The molecule has 4 bridgehead atoms. The number of carboxylic acid groups (broad SMARTS) is 1. The summed E-state index contributed by atoms with van der Waals surface area (Å²) in [5.41, 5.74) is -0.236. The number of aliphatic hydroxyl groups is 5. The molecule has 1 aromatic rings. The monoisotopic (exact) mass is 845 g/mol. The predicted octanol–water partition coefficient (Wildman–Crippen LogP) is 2.25. The summed E-state index contributed by atoms with van der Waals surface area (Å²) >= 11 is 0. The van der Waals surface area contributed by atoms with Gasteiger partial charge in [-0.2, -0.15) is 5.26 Å². The highest BCUT2D eigenvalue weighted by Gasteiger charge is 2.61. The number of amides is 3. The zero-order chi connectivity index (χ0) is 43.3. The molecule has 1 heterocycles. The number of nitrogens with zero attached hydrogens (tertiary/aromatic N) is 4. The standard InChI is InChI=1S/C43H67N5O12/c1-2-3-4-5-14-46(26-35(50)38(53)39(54)36(51)28-49)16-12-30-8-10-34(11-9-30)58-17-13-45-40(55)59-18-19-60-43-23-31-20-32(24-43)22-42(21-31,29-43)48(41(56)57)27-37(52)47-15-6-7-33(47)25-44/h8-11,31-33,35-36,38-39,49-51,53-54H,2-7,12-24,26-29H2,1H3,(H,45,55)(H,56,57)/t31-,32?,33?,35-,36+,38+,39+,42?,43?/m0/s1. The molecule has 0 aromatic heterocycles. The van der Waals surface area contributed by atoms with Crippen molar-refractivity contribution in [2.24, 2.45) is 11.8 Å². The van der Waals surface area contributed by atoms with E-state index in [0.29, 0.717) is 57.5 Å². The summed E-state index contributed by atoms with van der Waals surface area (Å²) < 4.78 is 17.6. The van der Waals surface area contributed by atoms with E-state index < -0.39 is 60.4 Å². The van der Waals surface area contributed by atoms with Crippen LogP contribution >= 0.6 is 0 Å². The summed E-state index contributed by atoms with van der Waals surface area (Å²) in [7, 11) is 0. The van der Waals surface area contributed by atoms with Crippen LogP contribution < -0.4 is 10.1 Å². The Morgan fingerprint density at radius 1 is 0.967 bits per heavy atom. The normalized spacial score (nSPS) is 26.3. The molecule has 17 heteroatoms. The second-order valence-electron chi connectivity index (χ2n) is 17.4. The average molecular weight is 846 g/mol. The molecule has 4 unspecified atom stereocenters. The number of ether oxygens (including phenoxy) is 3. The number of rotatable bonds is 25. The lowest BCUT2D eigenvalue weighted by Crippen LogP contribution is -2.68. The average Bonchev–Trinajstić information content (AvgIpc) is 3.72. The lowest BCUT2D eigenvalue weighted by molar-refractivity contribution is -0.198. The smallest absolute Gasteiger partial charge is 0.408 e. The molecule has 4 saturated carbocycles. The first-order valence-corrected chi connectivity index (χ1v) is 21.8. The predicted molar refractivity (Wildman–Crippen MR) is 218 cm³/mol. The Morgan fingerprint density at radius 2 is 1.68 bits per heavy atom. The Balaban J connectivity index is 1.01. The molecule has 5 aliphatic rings. The Hall–Kier alpha value is -3.76. The highest BCUT2D eigenvalue weighted by molar-refractivity contribution is 5.83. The number of nitrogens with one attached hydrogen (secondary N) is 1. The summed E-state index contributed by atoms with van der Waals surface area (Å²) in [4.78, 5) is 43.2. The van der Waals surface area contributed by atoms with Crippen molar-refractivity contribution < 1.29 is 59.2 Å². The largest absolute Gasteiger partial charge is 0.492 e. The van der Waals surface area contributed by atoms with Crippen LogP contribution in [0, 0.1) is 23.2 Å². The minimum atomic E-state index is -1.67. The number of unbranched alkanes of at least 4 members (excludes halogenated alkanes) is 3. The van der Waals surface area contributed by atoms with Crippen molar-refractivity contribution in [2.45, 2.75) is 132 Å². The van der Waals surface area contributed by atoms with Crippen molar-refractivity contribution in [3.8, 4) is 11.8 Å². The third-order valence-electron chi connectivity index (χ3n) is 12.9. The first-order chi connectivity index (χ1) is 28.8. The minimum absolute atomic E-state index is 0.0222. The van der Waals surface area contributed by atoms with E-state index in [0.717, 1.165) is 56.9 Å². The lowest BCUT2D eigenvalue weighted by atomic mass is 9.50. The van der Waals surface area contributed by atoms with Gasteiger partial charge in [-0.3, -0.25) is 9.69 Å². The van der Waals surface area contributed by atoms with Crippen molar-refractivity contribution in [1.29, 1.82) is 5.26 Å². The number of carbonyl (C=O) groups excluding carboxylic acids is 2. The third kappa shape index (κ3) is 12.7. The number of hydrogen-bond acceptors (Lipinski definition) is 13. The maximum Gasteiger partial charge on any atom is 0.408 e. The van der Waals surface area contributed by atoms with Crippen molar-refractivity contribution >= 4 is 18.1 Å². The first kappa shape index (κ1) is 47.3. The van der Waals surface area contributed by atoms with Gasteiger partial charge in [0.1, 0.15) is 49.9 Å². The number of carbonyl (C=O) groups is 3. The first-order valence-electron chi connectivity index (χ1n) is 21.8. The summed E-state index contributed by atoms with van der Waals surface area (Å²) in [6.45, 7) is 3.56. The van der Waals surface area contributed by atoms with E-state index >= 15 is 0 Å². The van der Waals surface area contributed by atoms with Crippen LogP contribution in [-0.4, -0.2) is 171 Å².